The molecule has 2 nitrogen and oxygen atoms in total. The highest BCUT2D eigenvalue weighted by Gasteiger charge is 2.40. The van der Waals surface area contributed by atoms with Gasteiger partial charge in [-0.15, -0.1) is 0 Å². The van der Waals surface area contributed by atoms with Crippen molar-refractivity contribution in [1.82, 2.24) is 0 Å². The fourth-order valence-electron chi connectivity index (χ4n) is 3.84. The fourth-order valence-corrected chi connectivity index (χ4v) is 3.84. The van der Waals surface area contributed by atoms with Gasteiger partial charge in [0.1, 0.15) is 6.10 Å². The third-order valence-corrected chi connectivity index (χ3v) is 5.58. The average Bonchev–Trinajstić information content (AvgIpc) is 2.52. The van der Waals surface area contributed by atoms with Crippen LogP contribution in [0.1, 0.15) is 61.3 Å². The van der Waals surface area contributed by atoms with Gasteiger partial charge in [0.2, 0.25) is 0 Å². The summed E-state index contributed by atoms with van der Waals surface area (Å²) in [5, 5.41) is 0. The molecule has 1 unspecified atom stereocenters. The molecule has 25 heavy (non-hydrogen) atoms. The first kappa shape index (κ1) is 20.0. The van der Waals surface area contributed by atoms with Crippen molar-refractivity contribution in [3.63, 3.8) is 0 Å². The molecule has 2 aliphatic carbocycles. The Kier molecular flexibility index (Phi) is 6.35. The molecule has 0 saturated carbocycles. The van der Waals surface area contributed by atoms with Crippen molar-refractivity contribution in [3.8, 4) is 0 Å². The summed E-state index contributed by atoms with van der Waals surface area (Å²) < 4.78 is 6.05. The van der Waals surface area contributed by atoms with Crippen molar-refractivity contribution in [3.05, 3.63) is 36.0 Å². The molecule has 0 aromatic rings. The van der Waals surface area contributed by atoms with Gasteiger partial charge in [0, 0.05) is 5.92 Å². The number of rotatable bonds is 4. The maximum atomic E-state index is 12.5. The second kappa shape index (κ2) is 7.93. The van der Waals surface area contributed by atoms with Crippen LogP contribution < -0.4 is 0 Å². The van der Waals surface area contributed by atoms with Crippen molar-refractivity contribution >= 4 is 5.97 Å². The van der Waals surface area contributed by atoms with Gasteiger partial charge < -0.3 is 4.74 Å². The van der Waals surface area contributed by atoms with Crippen molar-refractivity contribution in [2.45, 2.75) is 67.4 Å². The molecule has 0 aliphatic heterocycles. The molecular weight excluding hydrogens is 308 g/mol. The number of hydrogen-bond acceptors (Lipinski definition) is 2. The second-order valence-corrected chi connectivity index (χ2v) is 9.21. The van der Waals surface area contributed by atoms with Crippen LogP contribution in [-0.4, -0.2) is 12.1 Å². The lowest BCUT2D eigenvalue weighted by atomic mass is 9.66. The Bertz CT molecular complexity index is 561. The van der Waals surface area contributed by atoms with E-state index in [1.807, 2.05) is 13.8 Å². The Morgan fingerprint density at radius 1 is 1.36 bits per heavy atom. The van der Waals surface area contributed by atoms with Gasteiger partial charge in [-0.1, -0.05) is 78.8 Å². The first-order chi connectivity index (χ1) is 11.6. The molecule has 6 atom stereocenters. The van der Waals surface area contributed by atoms with Crippen LogP contribution in [0, 0.1) is 35.0 Å². The van der Waals surface area contributed by atoms with Crippen LogP contribution in [-0.2, 0) is 9.53 Å². The van der Waals surface area contributed by atoms with E-state index in [9.17, 15) is 4.79 Å². The van der Waals surface area contributed by atoms with E-state index in [-0.39, 0.29) is 29.3 Å². The van der Waals surface area contributed by atoms with Gasteiger partial charge in [0.05, 0.1) is 5.92 Å². The topological polar surface area (TPSA) is 26.3 Å². The van der Waals surface area contributed by atoms with Crippen LogP contribution in [0.15, 0.2) is 36.0 Å². The predicted molar refractivity (Wildman–Crippen MR) is 105 cm³/mol. The monoisotopic (exact) mass is 344 g/mol. The lowest BCUT2D eigenvalue weighted by Crippen LogP contribution is -2.41. The zero-order valence-corrected chi connectivity index (χ0v) is 17.1. The van der Waals surface area contributed by atoms with Gasteiger partial charge in [-0.3, -0.25) is 4.79 Å². The highest BCUT2D eigenvalue weighted by Crippen LogP contribution is 2.44. The van der Waals surface area contributed by atoms with E-state index in [1.54, 1.807) is 0 Å². The number of carbonyl (C=O) groups is 1. The molecule has 0 N–H and O–H groups in total. The van der Waals surface area contributed by atoms with Crippen LogP contribution in [0.5, 0.6) is 0 Å². The van der Waals surface area contributed by atoms with Crippen LogP contribution in [0.3, 0.4) is 0 Å². The predicted octanol–water partition coefficient (Wildman–Crippen LogP) is 5.95. The third-order valence-electron chi connectivity index (χ3n) is 5.58. The summed E-state index contributed by atoms with van der Waals surface area (Å²) in [6.07, 6.45) is 13.4. The van der Waals surface area contributed by atoms with Gasteiger partial charge in [0.25, 0.3) is 0 Å². The van der Waals surface area contributed by atoms with Crippen molar-refractivity contribution in [2.75, 3.05) is 0 Å². The van der Waals surface area contributed by atoms with Crippen molar-refractivity contribution in [2.24, 2.45) is 35.0 Å². The highest BCUT2D eigenvalue weighted by atomic mass is 16.5. The van der Waals surface area contributed by atoms with Crippen LogP contribution in [0.4, 0.5) is 0 Å². The van der Waals surface area contributed by atoms with Crippen LogP contribution >= 0.6 is 0 Å². The first-order valence-corrected chi connectivity index (χ1v) is 9.92. The molecule has 0 saturated heterocycles. The Hall–Kier alpha value is -1.31. The van der Waals surface area contributed by atoms with Crippen molar-refractivity contribution < 1.29 is 9.53 Å². The largest absolute Gasteiger partial charge is 0.461 e. The molecule has 2 rings (SSSR count). The maximum Gasteiger partial charge on any atom is 0.308 e. The van der Waals surface area contributed by atoms with E-state index in [0.717, 1.165) is 12.8 Å². The molecule has 0 heterocycles. The number of hydrogen-bond donors (Lipinski definition) is 0. The number of fused-ring (bicyclic) bond motifs is 1. The molecule has 0 fully saturated rings. The molecule has 0 bridgehead atoms. The average molecular weight is 345 g/mol. The standard InChI is InChI=1S/C23H36O2/c1-8-16(3)22(24)25-20-14-15(2)13-18-10-9-17(4)19(21(18)20)11-12-23(5,6)7/h9-13,15-17,19-21H,8,14H2,1-7H3/b12-11+/t15?,16-,17-,19-,20-,21-/m0/s1. The van der Waals surface area contributed by atoms with E-state index in [4.69, 9.17) is 4.74 Å². The summed E-state index contributed by atoms with van der Waals surface area (Å²) >= 11 is 0. The minimum atomic E-state index is -0.0401. The van der Waals surface area contributed by atoms with E-state index in [0.29, 0.717) is 17.8 Å². The SMILES string of the molecule is CC[C@H](C)C(=O)O[C@H]1CC(C)C=C2C=C[C@H](C)[C@H](/C=C/C(C)(C)C)[C@H]21. The summed E-state index contributed by atoms with van der Waals surface area (Å²) in [6, 6.07) is 0. The second-order valence-electron chi connectivity index (χ2n) is 9.21. The number of carbonyl (C=O) groups excluding carboxylic acids is 1. The maximum absolute atomic E-state index is 12.5. The smallest absolute Gasteiger partial charge is 0.308 e. The van der Waals surface area contributed by atoms with E-state index >= 15 is 0 Å². The first-order valence-electron chi connectivity index (χ1n) is 9.92. The van der Waals surface area contributed by atoms with Crippen molar-refractivity contribution in [1.29, 1.82) is 0 Å². The van der Waals surface area contributed by atoms with E-state index in [1.165, 1.54) is 5.57 Å². The number of esters is 1. The molecule has 0 radical (unpaired) electrons. The third kappa shape index (κ3) is 5.09. The lowest BCUT2D eigenvalue weighted by Gasteiger charge is -2.42. The molecular formula is C23H36O2. The van der Waals surface area contributed by atoms with Gasteiger partial charge in [-0.2, -0.15) is 0 Å². The zero-order valence-electron chi connectivity index (χ0n) is 17.1. The normalized spacial score (nSPS) is 33.7. The molecule has 0 aromatic heterocycles. The van der Waals surface area contributed by atoms with E-state index < -0.39 is 0 Å². The van der Waals surface area contributed by atoms with E-state index in [2.05, 4.69) is 65.0 Å². The lowest BCUT2D eigenvalue weighted by molar-refractivity contribution is -0.157. The minimum absolute atomic E-state index is 0.0153. The summed E-state index contributed by atoms with van der Waals surface area (Å²) in [7, 11) is 0. The Labute approximate surface area is 154 Å². The van der Waals surface area contributed by atoms with Gasteiger partial charge in [-0.25, -0.2) is 0 Å². The Morgan fingerprint density at radius 3 is 2.64 bits per heavy atom. The Balaban J connectivity index is 2.31. The van der Waals surface area contributed by atoms with Gasteiger partial charge in [0.15, 0.2) is 0 Å². The van der Waals surface area contributed by atoms with Crippen LogP contribution in [0.2, 0.25) is 0 Å². The molecule has 0 amide bonds. The fraction of sp³-hybridized carbons (Fsp3) is 0.696. The Morgan fingerprint density at radius 2 is 2.04 bits per heavy atom. The van der Waals surface area contributed by atoms with Crippen LogP contribution in [0.25, 0.3) is 0 Å². The summed E-state index contributed by atoms with van der Waals surface area (Å²) in [5.74, 6) is 1.51. The van der Waals surface area contributed by atoms with Gasteiger partial charge in [-0.05, 0) is 41.6 Å². The quantitative estimate of drug-likeness (QED) is 0.465. The summed E-state index contributed by atoms with van der Waals surface area (Å²) in [4.78, 5) is 12.5. The molecule has 2 heteroatoms. The summed E-state index contributed by atoms with van der Waals surface area (Å²) in [5.41, 5.74) is 1.51. The molecule has 2 aliphatic rings. The highest BCUT2D eigenvalue weighted by molar-refractivity contribution is 5.72. The molecule has 140 valence electrons. The minimum Gasteiger partial charge on any atom is -0.461 e. The number of ether oxygens (including phenoxy) is 1. The number of allylic oxidation sites excluding steroid dienone is 5. The molecule has 0 spiro atoms. The summed E-state index contributed by atoms with van der Waals surface area (Å²) in [6.45, 7) is 15.2. The zero-order chi connectivity index (χ0) is 18.8. The molecule has 0 aromatic carbocycles. The van der Waals surface area contributed by atoms with Gasteiger partial charge >= 0.3 is 5.97 Å².